The smallest absolute Gasteiger partial charge is 0.0380 e. The van der Waals surface area contributed by atoms with E-state index in [0.717, 1.165) is 0 Å². The van der Waals surface area contributed by atoms with Crippen LogP contribution in [0.15, 0.2) is 18.3 Å². The molecule has 1 N–H and O–H groups in total. The van der Waals surface area contributed by atoms with Gasteiger partial charge in [-0.15, -0.1) is 0 Å². The van der Waals surface area contributed by atoms with Crippen LogP contribution in [0.25, 0.3) is 6.08 Å². The number of rotatable bonds is 1. The van der Waals surface area contributed by atoms with Gasteiger partial charge in [-0.05, 0) is 28.5 Å². The molecule has 1 aromatic rings. The summed E-state index contributed by atoms with van der Waals surface area (Å²) >= 11 is 0. The summed E-state index contributed by atoms with van der Waals surface area (Å²) in [4.78, 5) is 3.30. The lowest BCUT2D eigenvalue weighted by molar-refractivity contribution is 0.547. The molecular weight excluding hydrogens is 182 g/mol. The third kappa shape index (κ3) is 3.94. The monoisotopic (exact) mass is 205 g/mol. The normalized spacial score (nSPS) is 13.7. The minimum Gasteiger partial charge on any atom is -0.361 e. The van der Waals surface area contributed by atoms with Crippen LogP contribution in [0.1, 0.15) is 52.8 Å². The minimum absolute atomic E-state index is 0.227. The molecule has 0 aliphatic rings. The number of aromatic amines is 1. The van der Waals surface area contributed by atoms with Gasteiger partial charge in [0.2, 0.25) is 0 Å². The van der Waals surface area contributed by atoms with Gasteiger partial charge >= 0.3 is 0 Å². The Balaban J connectivity index is 2.82. The Bertz CT molecular complexity index is 342. The topological polar surface area (TPSA) is 15.8 Å². The van der Waals surface area contributed by atoms with Crippen LogP contribution in [0.4, 0.5) is 0 Å². The van der Waals surface area contributed by atoms with Crippen molar-refractivity contribution in [3.8, 4) is 0 Å². The fourth-order valence-electron chi connectivity index (χ4n) is 1.28. The van der Waals surface area contributed by atoms with Crippen LogP contribution in [0, 0.1) is 5.41 Å². The Labute approximate surface area is 93.6 Å². The van der Waals surface area contributed by atoms with E-state index in [-0.39, 0.29) is 10.8 Å². The molecule has 0 atom stereocenters. The maximum Gasteiger partial charge on any atom is 0.0380 e. The molecule has 0 aromatic carbocycles. The van der Waals surface area contributed by atoms with E-state index in [1.807, 2.05) is 0 Å². The maximum atomic E-state index is 3.30. The third-order valence-corrected chi connectivity index (χ3v) is 2.33. The van der Waals surface area contributed by atoms with Crippen LogP contribution in [-0.2, 0) is 5.41 Å². The summed E-state index contributed by atoms with van der Waals surface area (Å²) in [6.07, 6.45) is 6.49. The quantitative estimate of drug-likeness (QED) is 0.700. The predicted octanol–water partition coefficient (Wildman–Crippen LogP) is 4.37. The molecule has 0 bridgehead atoms. The summed E-state index contributed by atoms with van der Waals surface area (Å²) in [5.74, 6) is 0. The van der Waals surface area contributed by atoms with Gasteiger partial charge in [-0.25, -0.2) is 0 Å². The van der Waals surface area contributed by atoms with Crippen LogP contribution < -0.4 is 0 Å². The number of H-pyrrole nitrogens is 1. The Hall–Kier alpha value is -0.980. The lowest BCUT2D eigenvalue weighted by atomic mass is 9.89. The number of allylic oxidation sites excluding steroid dienone is 1. The largest absolute Gasteiger partial charge is 0.361 e. The summed E-state index contributed by atoms with van der Waals surface area (Å²) in [5.41, 5.74) is 3.02. The van der Waals surface area contributed by atoms with Crippen molar-refractivity contribution in [2.75, 3.05) is 0 Å². The molecule has 1 nitrogen and oxygen atoms in total. The van der Waals surface area contributed by atoms with Crippen LogP contribution in [0.3, 0.4) is 0 Å². The molecule has 84 valence electrons. The molecule has 15 heavy (non-hydrogen) atoms. The molecule has 0 amide bonds. The van der Waals surface area contributed by atoms with Crippen molar-refractivity contribution in [2.45, 2.75) is 47.0 Å². The summed E-state index contributed by atoms with van der Waals surface area (Å²) in [6.45, 7) is 13.3. The van der Waals surface area contributed by atoms with Gasteiger partial charge in [0.15, 0.2) is 0 Å². The Morgan fingerprint density at radius 2 is 1.67 bits per heavy atom. The molecule has 0 aliphatic carbocycles. The fourth-order valence-corrected chi connectivity index (χ4v) is 1.28. The molecule has 0 saturated heterocycles. The van der Waals surface area contributed by atoms with Crippen molar-refractivity contribution in [2.24, 2.45) is 5.41 Å². The van der Waals surface area contributed by atoms with Gasteiger partial charge in [0.25, 0.3) is 0 Å². The first-order valence-corrected chi connectivity index (χ1v) is 5.57. The highest BCUT2D eigenvalue weighted by atomic mass is 14.7. The van der Waals surface area contributed by atoms with E-state index >= 15 is 0 Å². The summed E-state index contributed by atoms with van der Waals surface area (Å²) in [6, 6.07) is 2.22. The molecule has 0 aliphatic heterocycles. The highest BCUT2D eigenvalue weighted by molar-refractivity contribution is 5.48. The molecule has 0 saturated carbocycles. The zero-order valence-electron chi connectivity index (χ0n) is 10.8. The molecule has 1 rings (SSSR count). The number of hydrogen-bond acceptors (Lipinski definition) is 0. The number of nitrogens with one attached hydrogen (secondary N) is 1. The first-order chi connectivity index (χ1) is 6.68. The van der Waals surface area contributed by atoms with Gasteiger partial charge in [-0.2, -0.15) is 0 Å². The molecule has 0 fully saturated rings. The second-order valence-electron chi connectivity index (χ2n) is 6.29. The van der Waals surface area contributed by atoms with E-state index < -0.39 is 0 Å². The lowest BCUT2D eigenvalue weighted by Gasteiger charge is -2.15. The predicted molar refractivity (Wildman–Crippen MR) is 68.0 cm³/mol. The van der Waals surface area contributed by atoms with Gasteiger partial charge in [0, 0.05) is 11.9 Å². The van der Waals surface area contributed by atoms with Crippen molar-refractivity contribution in [1.29, 1.82) is 0 Å². The van der Waals surface area contributed by atoms with Crippen molar-refractivity contribution in [1.82, 2.24) is 4.98 Å². The standard InChI is InChI=1S/C14H23N/c1-13(2,3)8-7-12-9-11(10-15-12)14(4,5)6/h7-10,15H,1-6H3/b8-7+. The zero-order chi connectivity index (χ0) is 11.7. The van der Waals surface area contributed by atoms with Crippen LogP contribution >= 0.6 is 0 Å². The van der Waals surface area contributed by atoms with Crippen LogP contribution in [0.5, 0.6) is 0 Å². The van der Waals surface area contributed by atoms with Crippen LogP contribution in [0.2, 0.25) is 0 Å². The Morgan fingerprint density at radius 3 is 2.07 bits per heavy atom. The average molecular weight is 205 g/mol. The van der Waals surface area contributed by atoms with Crippen molar-refractivity contribution in [3.63, 3.8) is 0 Å². The van der Waals surface area contributed by atoms with Crippen molar-refractivity contribution < 1.29 is 0 Å². The fraction of sp³-hybridized carbons (Fsp3) is 0.571. The van der Waals surface area contributed by atoms with Gasteiger partial charge in [0.1, 0.15) is 0 Å². The van der Waals surface area contributed by atoms with E-state index in [4.69, 9.17) is 0 Å². The Kier molecular flexibility index (Phi) is 3.13. The summed E-state index contributed by atoms with van der Waals surface area (Å²) in [7, 11) is 0. The molecule has 0 spiro atoms. The molecular formula is C14H23N. The number of hydrogen-bond donors (Lipinski definition) is 1. The highest BCUT2D eigenvalue weighted by Gasteiger charge is 2.14. The molecule has 1 aromatic heterocycles. The molecule has 0 radical (unpaired) electrons. The molecule has 1 heteroatoms. The highest BCUT2D eigenvalue weighted by Crippen LogP contribution is 2.24. The second kappa shape index (κ2) is 3.88. The first-order valence-electron chi connectivity index (χ1n) is 5.57. The van der Waals surface area contributed by atoms with Crippen molar-refractivity contribution in [3.05, 3.63) is 29.6 Å². The average Bonchev–Trinajstić information content (AvgIpc) is 2.45. The minimum atomic E-state index is 0.227. The van der Waals surface area contributed by atoms with Gasteiger partial charge in [0.05, 0.1) is 0 Å². The molecule has 0 unspecified atom stereocenters. The summed E-state index contributed by atoms with van der Waals surface area (Å²) in [5, 5.41) is 0. The molecule has 1 heterocycles. The first kappa shape index (κ1) is 12.1. The van der Waals surface area contributed by atoms with Crippen molar-refractivity contribution >= 4 is 6.08 Å². The Morgan fingerprint density at radius 1 is 1.07 bits per heavy atom. The van der Waals surface area contributed by atoms with E-state index in [1.165, 1.54) is 11.3 Å². The second-order valence-corrected chi connectivity index (χ2v) is 6.29. The zero-order valence-corrected chi connectivity index (χ0v) is 10.8. The van der Waals surface area contributed by atoms with Gasteiger partial charge < -0.3 is 4.98 Å². The summed E-state index contributed by atoms with van der Waals surface area (Å²) < 4.78 is 0. The van der Waals surface area contributed by atoms with Gasteiger partial charge in [-0.1, -0.05) is 47.6 Å². The van der Waals surface area contributed by atoms with E-state index in [0.29, 0.717) is 0 Å². The van der Waals surface area contributed by atoms with E-state index in [9.17, 15) is 0 Å². The SMILES string of the molecule is CC(C)(C)/C=C/c1cc(C(C)(C)C)c[nH]1. The third-order valence-electron chi connectivity index (χ3n) is 2.33. The van der Waals surface area contributed by atoms with E-state index in [1.54, 1.807) is 0 Å². The van der Waals surface area contributed by atoms with E-state index in [2.05, 4.69) is 70.9 Å². The van der Waals surface area contributed by atoms with Gasteiger partial charge in [-0.3, -0.25) is 0 Å². The number of aromatic nitrogens is 1. The maximum absolute atomic E-state index is 3.30. The van der Waals surface area contributed by atoms with Crippen LogP contribution in [-0.4, -0.2) is 4.98 Å². The lowest BCUT2D eigenvalue weighted by Crippen LogP contribution is -2.09.